The third-order valence-electron chi connectivity index (χ3n) is 3.15. The van der Waals surface area contributed by atoms with Crippen molar-refractivity contribution in [2.45, 2.75) is 43.9 Å². The molecule has 0 amide bonds. The molecule has 0 bridgehead atoms. The Labute approximate surface area is 98.8 Å². The topological polar surface area (TPSA) is 51.0 Å². The van der Waals surface area contributed by atoms with Gasteiger partial charge in [0.2, 0.25) is 11.8 Å². The Morgan fingerprint density at radius 2 is 2.12 bits per heavy atom. The number of alkyl halides is 2. The maximum atomic E-state index is 13.0. The summed E-state index contributed by atoms with van der Waals surface area (Å²) in [5.41, 5.74) is 0. The van der Waals surface area contributed by atoms with E-state index in [9.17, 15) is 8.78 Å². The van der Waals surface area contributed by atoms with Crippen LogP contribution < -0.4 is 5.32 Å². The lowest BCUT2D eigenvalue weighted by molar-refractivity contribution is -0.0402. The van der Waals surface area contributed by atoms with E-state index in [1.54, 1.807) is 0 Å². The molecule has 6 heteroatoms. The van der Waals surface area contributed by atoms with E-state index in [1.165, 1.54) is 0 Å². The van der Waals surface area contributed by atoms with Gasteiger partial charge in [-0.15, -0.1) is 0 Å². The van der Waals surface area contributed by atoms with E-state index in [1.807, 2.05) is 7.05 Å². The van der Waals surface area contributed by atoms with Crippen molar-refractivity contribution in [1.29, 1.82) is 0 Å². The van der Waals surface area contributed by atoms with E-state index in [4.69, 9.17) is 4.52 Å². The van der Waals surface area contributed by atoms with Gasteiger partial charge in [0.15, 0.2) is 5.82 Å². The number of halogens is 2. The van der Waals surface area contributed by atoms with Crippen LogP contribution in [0.4, 0.5) is 8.78 Å². The Kier molecular flexibility index (Phi) is 3.71. The number of likely N-dealkylation sites (N-methyl/N-ethyl adjacent to an activating group) is 1. The van der Waals surface area contributed by atoms with Crippen LogP contribution in [0.5, 0.6) is 0 Å². The maximum Gasteiger partial charge on any atom is 0.248 e. The summed E-state index contributed by atoms with van der Waals surface area (Å²) in [5.74, 6) is -1.34. The minimum Gasteiger partial charge on any atom is -0.339 e. The van der Waals surface area contributed by atoms with E-state index in [-0.39, 0.29) is 18.8 Å². The number of rotatable bonds is 4. The molecule has 2 rings (SSSR count). The number of nitrogens with one attached hydrogen (secondary N) is 1. The zero-order valence-corrected chi connectivity index (χ0v) is 9.88. The van der Waals surface area contributed by atoms with Crippen LogP contribution in [0.3, 0.4) is 0 Å². The van der Waals surface area contributed by atoms with E-state index in [2.05, 4.69) is 15.5 Å². The minimum atomic E-state index is -2.51. The van der Waals surface area contributed by atoms with Gasteiger partial charge < -0.3 is 9.84 Å². The normalized spacial score (nSPS) is 20.6. The van der Waals surface area contributed by atoms with Gasteiger partial charge in [-0.3, -0.25) is 0 Å². The molecule has 17 heavy (non-hydrogen) atoms. The average Bonchev–Trinajstić information content (AvgIpc) is 2.75. The predicted octanol–water partition coefficient (Wildman–Crippen LogP) is 2.12. The monoisotopic (exact) mass is 245 g/mol. The zero-order valence-electron chi connectivity index (χ0n) is 9.88. The number of nitrogens with zero attached hydrogens (tertiary/aromatic N) is 2. The lowest BCUT2D eigenvalue weighted by Gasteiger charge is -2.25. The summed E-state index contributed by atoms with van der Waals surface area (Å²) < 4.78 is 31.1. The Hall–Kier alpha value is -1.04. The van der Waals surface area contributed by atoms with Crippen molar-refractivity contribution in [2.24, 2.45) is 0 Å². The Bertz CT molecular complexity index is 357. The summed E-state index contributed by atoms with van der Waals surface area (Å²) in [4.78, 5) is 4.26. The molecule has 0 atom stereocenters. The second kappa shape index (κ2) is 5.08. The fourth-order valence-corrected chi connectivity index (χ4v) is 2.06. The molecule has 0 unspecified atom stereocenters. The van der Waals surface area contributed by atoms with Crippen molar-refractivity contribution in [3.8, 4) is 0 Å². The van der Waals surface area contributed by atoms with Gasteiger partial charge in [0.25, 0.3) is 0 Å². The molecule has 0 spiro atoms. The first-order chi connectivity index (χ1) is 8.11. The molecule has 4 nitrogen and oxygen atoms in total. The molecule has 1 aliphatic rings. The smallest absolute Gasteiger partial charge is 0.248 e. The summed E-state index contributed by atoms with van der Waals surface area (Å²) in [7, 11) is 1.85. The summed E-state index contributed by atoms with van der Waals surface area (Å²) >= 11 is 0. The lowest BCUT2D eigenvalue weighted by Crippen LogP contribution is -2.23. The molecule has 0 aliphatic heterocycles. The predicted molar refractivity (Wildman–Crippen MR) is 58.1 cm³/mol. The highest BCUT2D eigenvalue weighted by molar-refractivity contribution is 4.97. The highest BCUT2D eigenvalue weighted by atomic mass is 19.3. The third kappa shape index (κ3) is 3.21. The van der Waals surface area contributed by atoms with Gasteiger partial charge >= 0.3 is 0 Å². The van der Waals surface area contributed by atoms with Gasteiger partial charge in [0.1, 0.15) is 0 Å². The van der Waals surface area contributed by atoms with Gasteiger partial charge in [-0.25, -0.2) is 8.78 Å². The van der Waals surface area contributed by atoms with Crippen molar-refractivity contribution >= 4 is 0 Å². The first-order valence-corrected chi connectivity index (χ1v) is 5.95. The van der Waals surface area contributed by atoms with Crippen LogP contribution in [-0.4, -0.2) is 29.7 Å². The van der Waals surface area contributed by atoms with Crippen molar-refractivity contribution in [1.82, 2.24) is 15.5 Å². The maximum absolute atomic E-state index is 13.0. The van der Waals surface area contributed by atoms with Gasteiger partial charge in [0, 0.05) is 31.7 Å². The highest BCUT2D eigenvalue weighted by Gasteiger charge is 2.37. The summed E-state index contributed by atoms with van der Waals surface area (Å²) in [5, 5.41) is 6.85. The molecule has 1 heterocycles. The van der Waals surface area contributed by atoms with Crippen LogP contribution in [0.1, 0.15) is 43.3 Å². The van der Waals surface area contributed by atoms with Crippen LogP contribution >= 0.6 is 0 Å². The molecule has 0 saturated heterocycles. The van der Waals surface area contributed by atoms with Gasteiger partial charge in [-0.1, -0.05) is 5.16 Å². The van der Waals surface area contributed by atoms with Crippen molar-refractivity contribution < 1.29 is 13.3 Å². The zero-order chi connectivity index (χ0) is 12.3. The molecule has 1 fully saturated rings. The summed E-state index contributed by atoms with van der Waals surface area (Å²) in [6.07, 6.45) is 1.40. The number of hydrogen-bond donors (Lipinski definition) is 1. The second-order valence-corrected chi connectivity index (χ2v) is 4.53. The molecular weight excluding hydrogens is 228 g/mol. The summed E-state index contributed by atoms with van der Waals surface area (Å²) in [6.45, 7) is 0.779. The molecule has 0 radical (unpaired) electrons. The van der Waals surface area contributed by atoms with Crippen LogP contribution in [0.25, 0.3) is 0 Å². The van der Waals surface area contributed by atoms with Crippen LogP contribution in [0.2, 0.25) is 0 Å². The first-order valence-electron chi connectivity index (χ1n) is 5.95. The highest BCUT2D eigenvalue weighted by Crippen LogP contribution is 2.40. The molecule has 1 saturated carbocycles. The largest absolute Gasteiger partial charge is 0.339 e. The van der Waals surface area contributed by atoms with Crippen LogP contribution in [0, 0.1) is 0 Å². The van der Waals surface area contributed by atoms with Gasteiger partial charge in [-0.2, -0.15) is 4.98 Å². The van der Waals surface area contributed by atoms with Crippen molar-refractivity contribution in [3.05, 3.63) is 11.7 Å². The SMILES string of the molecule is CNCCc1noc(C2CCC(F)(F)CC2)n1. The van der Waals surface area contributed by atoms with Crippen molar-refractivity contribution in [2.75, 3.05) is 13.6 Å². The molecule has 0 aromatic carbocycles. The van der Waals surface area contributed by atoms with Crippen molar-refractivity contribution in [3.63, 3.8) is 0 Å². The third-order valence-corrected chi connectivity index (χ3v) is 3.15. The van der Waals surface area contributed by atoms with E-state index >= 15 is 0 Å². The average molecular weight is 245 g/mol. The lowest BCUT2D eigenvalue weighted by atomic mass is 9.87. The van der Waals surface area contributed by atoms with Gasteiger partial charge in [-0.05, 0) is 19.9 Å². The second-order valence-electron chi connectivity index (χ2n) is 4.53. The van der Waals surface area contributed by atoms with E-state index in [0.717, 1.165) is 6.54 Å². The molecule has 1 aromatic heterocycles. The molecule has 1 aliphatic carbocycles. The fraction of sp³-hybridized carbons (Fsp3) is 0.818. The molecular formula is C11H17F2N3O. The Morgan fingerprint density at radius 1 is 1.41 bits per heavy atom. The van der Waals surface area contributed by atoms with E-state index < -0.39 is 5.92 Å². The van der Waals surface area contributed by atoms with Crippen LogP contribution in [0.15, 0.2) is 4.52 Å². The minimum absolute atomic E-state index is 0.00506. The fourth-order valence-electron chi connectivity index (χ4n) is 2.06. The number of aromatic nitrogens is 2. The van der Waals surface area contributed by atoms with Crippen LogP contribution in [-0.2, 0) is 6.42 Å². The first kappa shape index (κ1) is 12.4. The Balaban J connectivity index is 1.92. The Morgan fingerprint density at radius 3 is 2.76 bits per heavy atom. The molecule has 96 valence electrons. The summed E-state index contributed by atoms with van der Waals surface area (Å²) in [6, 6.07) is 0. The quantitative estimate of drug-likeness (QED) is 0.882. The molecule has 1 aromatic rings. The molecule has 1 N–H and O–H groups in total. The van der Waals surface area contributed by atoms with Gasteiger partial charge in [0.05, 0.1) is 0 Å². The number of hydrogen-bond acceptors (Lipinski definition) is 4. The van der Waals surface area contributed by atoms with E-state index in [0.29, 0.717) is 31.0 Å². The standard InChI is InChI=1S/C11H17F2N3O/c1-14-7-4-9-15-10(17-16-9)8-2-5-11(12,13)6-3-8/h8,14H,2-7H2,1H3.